The summed E-state index contributed by atoms with van der Waals surface area (Å²) in [6.45, 7) is 2.56. The van der Waals surface area contributed by atoms with E-state index in [2.05, 4.69) is 26.2 Å². The molecule has 14 heavy (non-hydrogen) atoms. The van der Waals surface area contributed by atoms with Gasteiger partial charge < -0.3 is 5.32 Å². The Balaban J connectivity index is 2.56. The molecule has 0 fully saturated rings. The van der Waals surface area contributed by atoms with E-state index in [1.807, 2.05) is 19.1 Å². The van der Waals surface area contributed by atoms with Gasteiger partial charge in [0.1, 0.15) is 5.69 Å². The number of nitrogens with zero attached hydrogens (tertiary/aromatic N) is 1. The normalized spacial score (nSPS) is 9.86. The van der Waals surface area contributed by atoms with Crippen molar-refractivity contribution in [2.24, 2.45) is 0 Å². The zero-order valence-electron chi connectivity index (χ0n) is 8.09. The van der Waals surface area contributed by atoms with Gasteiger partial charge in [-0.1, -0.05) is 22.0 Å². The molecule has 1 aromatic heterocycles. The monoisotopic (exact) mass is 256 g/mol. The fourth-order valence-corrected chi connectivity index (χ4v) is 1.36. The van der Waals surface area contributed by atoms with Gasteiger partial charge >= 0.3 is 0 Å². The van der Waals surface area contributed by atoms with Crippen molar-refractivity contribution >= 4 is 21.8 Å². The van der Waals surface area contributed by atoms with Crippen molar-refractivity contribution in [2.45, 2.75) is 13.3 Å². The topological polar surface area (TPSA) is 42.0 Å². The summed E-state index contributed by atoms with van der Waals surface area (Å²) in [7, 11) is 0. The average molecular weight is 257 g/mol. The highest BCUT2D eigenvalue weighted by molar-refractivity contribution is 9.09. The number of hydrogen-bond donors (Lipinski definition) is 1. The largest absolute Gasteiger partial charge is 0.351 e. The molecule has 0 spiro atoms. The summed E-state index contributed by atoms with van der Waals surface area (Å²) >= 11 is 3.30. The van der Waals surface area contributed by atoms with Crippen LogP contribution in [-0.2, 0) is 0 Å². The summed E-state index contributed by atoms with van der Waals surface area (Å²) in [5, 5.41) is 3.71. The third-order valence-corrected chi connectivity index (χ3v) is 2.38. The molecular formula is C10H13BrN2O. The minimum atomic E-state index is -0.0935. The van der Waals surface area contributed by atoms with Gasteiger partial charge in [0.05, 0.1) is 0 Å². The van der Waals surface area contributed by atoms with Gasteiger partial charge in [0.2, 0.25) is 0 Å². The molecule has 1 aromatic rings. The molecule has 0 aromatic carbocycles. The average Bonchev–Trinajstić information content (AvgIpc) is 2.18. The molecule has 4 heteroatoms. The number of halogens is 1. The predicted molar refractivity (Wildman–Crippen MR) is 59.7 cm³/mol. The third-order valence-electron chi connectivity index (χ3n) is 1.82. The highest BCUT2D eigenvalue weighted by Gasteiger charge is 2.08. The Bertz CT molecular complexity index is 315. The molecule has 76 valence electrons. The van der Waals surface area contributed by atoms with Crippen LogP contribution in [-0.4, -0.2) is 22.8 Å². The Morgan fingerprint density at radius 2 is 2.43 bits per heavy atom. The van der Waals surface area contributed by atoms with Crippen molar-refractivity contribution in [2.75, 3.05) is 11.9 Å². The van der Waals surface area contributed by atoms with Crippen LogP contribution < -0.4 is 5.32 Å². The molecule has 1 heterocycles. The van der Waals surface area contributed by atoms with Crippen LogP contribution >= 0.6 is 15.9 Å². The molecule has 0 bridgehead atoms. The zero-order valence-corrected chi connectivity index (χ0v) is 9.67. The Morgan fingerprint density at radius 1 is 1.64 bits per heavy atom. The van der Waals surface area contributed by atoms with E-state index in [1.54, 1.807) is 6.20 Å². The lowest BCUT2D eigenvalue weighted by Crippen LogP contribution is -2.26. The Hall–Kier alpha value is -0.900. The second-order valence-electron chi connectivity index (χ2n) is 2.97. The number of rotatable bonds is 4. The molecule has 0 atom stereocenters. The fraction of sp³-hybridized carbons (Fsp3) is 0.400. The molecule has 0 saturated carbocycles. The van der Waals surface area contributed by atoms with E-state index in [4.69, 9.17) is 0 Å². The van der Waals surface area contributed by atoms with Crippen LogP contribution in [0, 0.1) is 6.92 Å². The summed E-state index contributed by atoms with van der Waals surface area (Å²) in [6, 6.07) is 3.71. The van der Waals surface area contributed by atoms with Crippen molar-refractivity contribution in [3.05, 3.63) is 29.6 Å². The van der Waals surface area contributed by atoms with Crippen LogP contribution in [0.5, 0.6) is 0 Å². The van der Waals surface area contributed by atoms with Gasteiger partial charge in [-0.3, -0.25) is 9.78 Å². The first-order valence-electron chi connectivity index (χ1n) is 4.51. The standard InChI is InChI=1S/C10H13BrN2O/c1-8-4-2-6-12-9(8)10(14)13-7-3-5-11/h2,4,6H,3,5,7H2,1H3,(H,13,14). The number of aromatic nitrogens is 1. The van der Waals surface area contributed by atoms with Crippen molar-refractivity contribution in [3.8, 4) is 0 Å². The van der Waals surface area contributed by atoms with Crippen LogP contribution in [0.2, 0.25) is 0 Å². The number of nitrogens with one attached hydrogen (secondary N) is 1. The van der Waals surface area contributed by atoms with Crippen molar-refractivity contribution < 1.29 is 4.79 Å². The van der Waals surface area contributed by atoms with E-state index in [9.17, 15) is 4.79 Å². The Kier molecular flexibility index (Phi) is 4.59. The molecule has 0 unspecified atom stereocenters. The molecular weight excluding hydrogens is 244 g/mol. The third kappa shape index (κ3) is 3.10. The number of alkyl halides is 1. The number of aryl methyl sites for hydroxylation is 1. The van der Waals surface area contributed by atoms with Crippen LogP contribution in [0.4, 0.5) is 0 Å². The van der Waals surface area contributed by atoms with Gasteiger partial charge in [-0.15, -0.1) is 0 Å². The van der Waals surface area contributed by atoms with Gasteiger partial charge in [0, 0.05) is 18.1 Å². The molecule has 1 amide bonds. The van der Waals surface area contributed by atoms with Crippen molar-refractivity contribution in [1.29, 1.82) is 0 Å². The first kappa shape index (κ1) is 11.2. The molecule has 0 aliphatic heterocycles. The first-order valence-corrected chi connectivity index (χ1v) is 5.63. The maximum atomic E-state index is 11.6. The summed E-state index contributed by atoms with van der Waals surface area (Å²) < 4.78 is 0. The smallest absolute Gasteiger partial charge is 0.270 e. The van der Waals surface area contributed by atoms with Crippen LogP contribution in [0.25, 0.3) is 0 Å². The van der Waals surface area contributed by atoms with E-state index in [0.29, 0.717) is 12.2 Å². The maximum absolute atomic E-state index is 11.6. The highest BCUT2D eigenvalue weighted by Crippen LogP contribution is 2.02. The second kappa shape index (κ2) is 5.75. The molecule has 3 nitrogen and oxygen atoms in total. The predicted octanol–water partition coefficient (Wildman–Crippen LogP) is 1.90. The van der Waals surface area contributed by atoms with Gasteiger partial charge in [-0.2, -0.15) is 0 Å². The number of amides is 1. The van der Waals surface area contributed by atoms with E-state index in [0.717, 1.165) is 17.3 Å². The van der Waals surface area contributed by atoms with Crippen LogP contribution in [0.1, 0.15) is 22.5 Å². The minimum Gasteiger partial charge on any atom is -0.351 e. The van der Waals surface area contributed by atoms with Gasteiger partial charge in [0.15, 0.2) is 0 Å². The number of carbonyl (C=O) groups excluding carboxylic acids is 1. The number of pyridine rings is 1. The molecule has 0 aliphatic carbocycles. The van der Waals surface area contributed by atoms with Crippen LogP contribution in [0.3, 0.4) is 0 Å². The van der Waals surface area contributed by atoms with E-state index in [-0.39, 0.29) is 5.91 Å². The summed E-state index contributed by atoms with van der Waals surface area (Å²) in [5.74, 6) is -0.0935. The summed E-state index contributed by atoms with van der Waals surface area (Å²) in [5.41, 5.74) is 1.42. The van der Waals surface area contributed by atoms with Gasteiger partial charge in [0.25, 0.3) is 5.91 Å². The first-order chi connectivity index (χ1) is 6.75. The zero-order chi connectivity index (χ0) is 10.4. The summed E-state index contributed by atoms with van der Waals surface area (Å²) in [4.78, 5) is 15.6. The quantitative estimate of drug-likeness (QED) is 0.661. The van der Waals surface area contributed by atoms with E-state index >= 15 is 0 Å². The van der Waals surface area contributed by atoms with Gasteiger partial charge in [-0.25, -0.2) is 0 Å². The fourth-order valence-electron chi connectivity index (χ4n) is 1.08. The molecule has 0 aliphatic rings. The van der Waals surface area contributed by atoms with Crippen molar-refractivity contribution in [1.82, 2.24) is 10.3 Å². The molecule has 1 N–H and O–H groups in total. The Morgan fingerprint density at radius 3 is 3.07 bits per heavy atom. The molecule has 0 saturated heterocycles. The molecule has 1 rings (SSSR count). The second-order valence-corrected chi connectivity index (χ2v) is 3.76. The van der Waals surface area contributed by atoms with Crippen molar-refractivity contribution in [3.63, 3.8) is 0 Å². The van der Waals surface area contributed by atoms with Gasteiger partial charge in [-0.05, 0) is 25.0 Å². The number of carbonyl (C=O) groups is 1. The Labute approximate surface area is 92.1 Å². The molecule has 0 radical (unpaired) electrons. The maximum Gasteiger partial charge on any atom is 0.270 e. The van der Waals surface area contributed by atoms with E-state index < -0.39 is 0 Å². The minimum absolute atomic E-state index is 0.0935. The lowest BCUT2D eigenvalue weighted by Gasteiger charge is -2.04. The number of hydrogen-bond acceptors (Lipinski definition) is 2. The SMILES string of the molecule is Cc1cccnc1C(=O)NCCCBr. The lowest BCUT2D eigenvalue weighted by atomic mass is 10.2. The summed E-state index contributed by atoms with van der Waals surface area (Å²) in [6.07, 6.45) is 2.56. The lowest BCUT2D eigenvalue weighted by molar-refractivity contribution is 0.0948. The highest BCUT2D eigenvalue weighted by atomic mass is 79.9. The van der Waals surface area contributed by atoms with Crippen LogP contribution in [0.15, 0.2) is 18.3 Å². The van der Waals surface area contributed by atoms with E-state index in [1.165, 1.54) is 0 Å².